The maximum Gasteiger partial charge on any atom is 0.226 e. The molecular weight excluding hydrogens is 470 g/mol. The number of rotatable bonds is 10. The lowest BCUT2D eigenvalue weighted by Gasteiger charge is -2.14. The number of fused-ring (bicyclic) bond motifs is 2. The van der Waals surface area contributed by atoms with Crippen molar-refractivity contribution >= 4 is 33.7 Å². The molecule has 5 rings (SSSR count). The van der Waals surface area contributed by atoms with Crippen LogP contribution < -0.4 is 14.8 Å². The number of nitrogens with one attached hydrogen (secondary N) is 3. The highest BCUT2D eigenvalue weighted by Gasteiger charge is 2.21. The van der Waals surface area contributed by atoms with E-state index >= 15 is 0 Å². The Bertz CT molecular complexity index is 1600. The molecule has 0 aliphatic rings. The molecule has 3 heterocycles. The van der Waals surface area contributed by atoms with Crippen LogP contribution in [0.3, 0.4) is 0 Å². The Morgan fingerprint density at radius 3 is 2.27 bits per heavy atom. The van der Waals surface area contributed by atoms with E-state index in [-0.39, 0.29) is 17.8 Å². The minimum atomic E-state index is -0.0376. The third-order valence-electron chi connectivity index (χ3n) is 5.96. The first-order valence-electron chi connectivity index (χ1n) is 12.1. The van der Waals surface area contributed by atoms with Gasteiger partial charge < -0.3 is 24.8 Å². The summed E-state index contributed by atoms with van der Waals surface area (Å²) in [6.07, 6.45) is 0. The summed E-state index contributed by atoms with van der Waals surface area (Å²) in [6, 6.07) is 15.9. The van der Waals surface area contributed by atoms with E-state index in [0.717, 1.165) is 33.2 Å². The predicted octanol–water partition coefficient (Wildman–Crippen LogP) is 6.46. The molecular formula is C26H27N9O2. The lowest BCUT2D eigenvalue weighted by molar-refractivity contribution is 0.338. The molecule has 0 fully saturated rings. The van der Waals surface area contributed by atoms with Gasteiger partial charge >= 0.3 is 0 Å². The summed E-state index contributed by atoms with van der Waals surface area (Å²) in [4.78, 5) is 23.0. The van der Waals surface area contributed by atoms with Gasteiger partial charge in [0.15, 0.2) is 11.6 Å². The number of para-hydroxylation sites is 2. The molecule has 37 heavy (non-hydrogen) atoms. The van der Waals surface area contributed by atoms with E-state index in [0.29, 0.717) is 37.0 Å². The van der Waals surface area contributed by atoms with Crippen LogP contribution >= 0.6 is 0 Å². The molecule has 3 N–H and O–H groups in total. The second-order valence-electron chi connectivity index (χ2n) is 8.41. The standard InChI is InChI=1S/C26H27N9O2/c1-4-36-22-16-10-6-8-12-18(16)29-20(22)15(3)14-28-25-31-24(32-26(33-25)34-35-27)21-23(37-5-2)17-11-7-9-13-19(17)30-21/h6-13,15,29-30H,4-5,14H2,1-3H3,(H,28,31,32,33). The SMILES string of the molecule is CCOc1c(-c2nc(N=[N+]=[N-])nc(NCC(C)c3[nH]c4ccccc4c3OCC)n2)[nH]c2ccccc12. The number of aromatic nitrogens is 5. The summed E-state index contributed by atoms with van der Waals surface area (Å²) in [5, 5.41) is 8.86. The number of H-pyrrole nitrogens is 2. The Hall–Kier alpha value is -4.76. The maximum absolute atomic E-state index is 9.03. The van der Waals surface area contributed by atoms with Crippen molar-refractivity contribution in [2.75, 3.05) is 25.1 Å². The first kappa shape index (κ1) is 24.0. The fourth-order valence-corrected chi connectivity index (χ4v) is 4.34. The highest BCUT2D eigenvalue weighted by atomic mass is 16.5. The molecule has 11 heteroatoms. The molecule has 0 spiro atoms. The van der Waals surface area contributed by atoms with Crippen molar-refractivity contribution < 1.29 is 9.47 Å². The van der Waals surface area contributed by atoms with Gasteiger partial charge in [-0.2, -0.15) is 9.97 Å². The molecule has 188 valence electrons. The van der Waals surface area contributed by atoms with E-state index in [2.05, 4.69) is 47.2 Å². The summed E-state index contributed by atoms with van der Waals surface area (Å²) in [5.41, 5.74) is 12.5. The molecule has 0 saturated heterocycles. The number of azide groups is 1. The van der Waals surface area contributed by atoms with Gasteiger partial charge in [-0.15, -0.1) is 0 Å². The summed E-state index contributed by atoms with van der Waals surface area (Å²) in [5.74, 6) is 2.07. The minimum absolute atomic E-state index is 0.0316. The lowest BCUT2D eigenvalue weighted by Crippen LogP contribution is -2.14. The van der Waals surface area contributed by atoms with E-state index < -0.39 is 0 Å². The number of hydrogen-bond donors (Lipinski definition) is 3. The number of aromatic amines is 2. The third-order valence-corrected chi connectivity index (χ3v) is 5.96. The van der Waals surface area contributed by atoms with Gasteiger partial charge in [-0.1, -0.05) is 31.2 Å². The van der Waals surface area contributed by atoms with Gasteiger partial charge in [-0.3, -0.25) is 0 Å². The smallest absolute Gasteiger partial charge is 0.226 e. The van der Waals surface area contributed by atoms with E-state index in [1.807, 2.05) is 62.4 Å². The van der Waals surface area contributed by atoms with Crippen molar-refractivity contribution in [1.82, 2.24) is 24.9 Å². The average Bonchev–Trinajstić information content (AvgIpc) is 3.47. The zero-order valence-corrected chi connectivity index (χ0v) is 20.8. The van der Waals surface area contributed by atoms with E-state index in [1.165, 1.54) is 0 Å². The Morgan fingerprint density at radius 2 is 1.57 bits per heavy atom. The Balaban J connectivity index is 1.48. The quantitative estimate of drug-likeness (QED) is 0.115. The summed E-state index contributed by atoms with van der Waals surface area (Å²) < 4.78 is 11.9. The van der Waals surface area contributed by atoms with Crippen LogP contribution in [0.4, 0.5) is 11.9 Å². The summed E-state index contributed by atoms with van der Waals surface area (Å²) in [6.45, 7) is 7.50. The first-order valence-corrected chi connectivity index (χ1v) is 12.1. The van der Waals surface area contributed by atoms with Gasteiger partial charge in [0.25, 0.3) is 0 Å². The minimum Gasteiger partial charge on any atom is -0.491 e. The number of benzene rings is 2. The van der Waals surface area contributed by atoms with Crippen LogP contribution in [-0.2, 0) is 0 Å². The van der Waals surface area contributed by atoms with Gasteiger partial charge in [-0.05, 0) is 48.8 Å². The van der Waals surface area contributed by atoms with Gasteiger partial charge in [-0.25, -0.2) is 4.98 Å². The van der Waals surface area contributed by atoms with Gasteiger partial charge in [0, 0.05) is 39.2 Å². The zero-order valence-electron chi connectivity index (χ0n) is 20.8. The molecule has 0 bridgehead atoms. The molecule has 0 amide bonds. The average molecular weight is 498 g/mol. The van der Waals surface area contributed by atoms with Crippen molar-refractivity contribution in [3.8, 4) is 23.0 Å². The zero-order chi connectivity index (χ0) is 25.8. The highest BCUT2D eigenvalue weighted by molar-refractivity contribution is 5.93. The predicted molar refractivity (Wildman–Crippen MR) is 143 cm³/mol. The maximum atomic E-state index is 9.03. The van der Waals surface area contributed by atoms with E-state index in [1.54, 1.807) is 0 Å². The molecule has 2 aromatic carbocycles. The number of ether oxygens (including phenoxy) is 2. The fraction of sp³-hybridized carbons (Fsp3) is 0.269. The van der Waals surface area contributed by atoms with Gasteiger partial charge in [0.05, 0.1) is 18.9 Å². The molecule has 0 saturated carbocycles. The molecule has 0 aliphatic heterocycles. The molecule has 0 aliphatic carbocycles. The second-order valence-corrected chi connectivity index (χ2v) is 8.41. The molecule has 3 aromatic heterocycles. The van der Waals surface area contributed by atoms with Crippen molar-refractivity contribution in [1.29, 1.82) is 0 Å². The van der Waals surface area contributed by atoms with Crippen molar-refractivity contribution in [2.45, 2.75) is 26.7 Å². The van der Waals surface area contributed by atoms with Crippen LogP contribution in [0.15, 0.2) is 53.6 Å². The number of nitrogens with zero attached hydrogens (tertiary/aromatic N) is 6. The van der Waals surface area contributed by atoms with Crippen molar-refractivity contribution in [3.05, 3.63) is 64.7 Å². The Labute approximate surface area is 212 Å². The lowest BCUT2D eigenvalue weighted by atomic mass is 10.1. The topological polar surface area (TPSA) is 150 Å². The van der Waals surface area contributed by atoms with Crippen molar-refractivity contribution in [2.24, 2.45) is 5.11 Å². The van der Waals surface area contributed by atoms with Crippen LogP contribution in [0.5, 0.6) is 11.5 Å². The third kappa shape index (κ3) is 4.72. The fourth-order valence-electron chi connectivity index (χ4n) is 4.34. The van der Waals surface area contributed by atoms with Gasteiger partial charge in [0.1, 0.15) is 11.4 Å². The Morgan fingerprint density at radius 1 is 0.919 bits per heavy atom. The number of hydrogen-bond acceptors (Lipinski definition) is 7. The summed E-state index contributed by atoms with van der Waals surface area (Å²) >= 11 is 0. The van der Waals surface area contributed by atoms with E-state index in [9.17, 15) is 0 Å². The van der Waals surface area contributed by atoms with Crippen LogP contribution in [-0.4, -0.2) is 44.7 Å². The number of anilines is 1. The van der Waals surface area contributed by atoms with Crippen LogP contribution in [0.25, 0.3) is 43.8 Å². The second kappa shape index (κ2) is 10.5. The molecule has 11 nitrogen and oxygen atoms in total. The van der Waals surface area contributed by atoms with Gasteiger partial charge in [0.2, 0.25) is 11.9 Å². The highest BCUT2D eigenvalue weighted by Crippen LogP contribution is 2.37. The Kier molecular flexibility index (Phi) is 6.78. The molecule has 1 atom stereocenters. The van der Waals surface area contributed by atoms with Crippen LogP contribution in [0, 0.1) is 0 Å². The monoisotopic (exact) mass is 497 g/mol. The normalized spacial score (nSPS) is 11.9. The molecule has 0 radical (unpaired) electrons. The molecule has 1 unspecified atom stereocenters. The summed E-state index contributed by atoms with van der Waals surface area (Å²) in [7, 11) is 0. The molecule has 5 aromatic rings. The van der Waals surface area contributed by atoms with E-state index in [4.69, 9.17) is 15.0 Å². The van der Waals surface area contributed by atoms with Crippen molar-refractivity contribution in [3.63, 3.8) is 0 Å². The van der Waals surface area contributed by atoms with Crippen LogP contribution in [0.1, 0.15) is 32.4 Å². The largest absolute Gasteiger partial charge is 0.491 e. The van der Waals surface area contributed by atoms with Crippen LogP contribution in [0.2, 0.25) is 0 Å². The first-order chi connectivity index (χ1) is 18.1.